The summed E-state index contributed by atoms with van der Waals surface area (Å²) in [6, 6.07) is 11.9. The molecule has 0 aliphatic carbocycles. The lowest BCUT2D eigenvalue weighted by atomic mass is 9.95. The van der Waals surface area contributed by atoms with Crippen molar-refractivity contribution < 1.29 is 18.0 Å². The number of benzene rings is 2. The smallest absolute Gasteiger partial charge is 0.255 e. The molecule has 2 aromatic rings. The van der Waals surface area contributed by atoms with E-state index in [1.807, 2.05) is 24.3 Å². The zero-order valence-corrected chi connectivity index (χ0v) is 20.0. The molecule has 32 heavy (non-hydrogen) atoms. The van der Waals surface area contributed by atoms with Crippen LogP contribution in [0.5, 0.6) is 0 Å². The van der Waals surface area contributed by atoms with Crippen molar-refractivity contribution in [2.45, 2.75) is 13.8 Å². The number of halogens is 2. The Bertz CT molecular complexity index is 1190. The van der Waals surface area contributed by atoms with Crippen molar-refractivity contribution in [1.82, 2.24) is 4.90 Å². The standard InChI is InChI=1S/C22H23Cl2N3O4S/c1-22(2)14-32(30,31)27(21(22)29)17-6-7-19(24)18(13-17)20(28)26-10-8-25(9-11-26)16-5-3-4-15(23)12-16/h3-7,12-13H,8-11,14H2,1-2H3. The number of rotatable bonds is 3. The van der Waals surface area contributed by atoms with E-state index < -0.39 is 21.3 Å². The van der Waals surface area contributed by atoms with E-state index in [1.54, 1.807) is 18.7 Å². The number of carbonyl (C=O) groups is 2. The highest BCUT2D eigenvalue weighted by Gasteiger charge is 2.50. The van der Waals surface area contributed by atoms with Gasteiger partial charge in [0.25, 0.3) is 5.91 Å². The summed E-state index contributed by atoms with van der Waals surface area (Å²) in [5.74, 6) is -1.10. The molecule has 4 rings (SSSR count). The van der Waals surface area contributed by atoms with Crippen molar-refractivity contribution in [3.05, 3.63) is 58.1 Å². The van der Waals surface area contributed by atoms with Crippen LogP contribution in [0.3, 0.4) is 0 Å². The number of nitrogens with zero attached hydrogens (tertiary/aromatic N) is 3. The Balaban J connectivity index is 1.55. The fourth-order valence-electron chi connectivity index (χ4n) is 4.08. The highest BCUT2D eigenvalue weighted by atomic mass is 35.5. The Morgan fingerprint density at radius 2 is 1.66 bits per heavy atom. The van der Waals surface area contributed by atoms with Crippen molar-refractivity contribution in [1.29, 1.82) is 0 Å². The van der Waals surface area contributed by atoms with E-state index in [2.05, 4.69) is 4.90 Å². The van der Waals surface area contributed by atoms with Crippen molar-refractivity contribution in [2.24, 2.45) is 5.41 Å². The van der Waals surface area contributed by atoms with Crippen LogP contribution in [0.25, 0.3) is 0 Å². The van der Waals surface area contributed by atoms with E-state index in [9.17, 15) is 18.0 Å². The Kier molecular flexibility index (Phi) is 5.90. The molecule has 2 amide bonds. The molecule has 0 spiro atoms. The van der Waals surface area contributed by atoms with Gasteiger partial charge in [-0.3, -0.25) is 9.59 Å². The van der Waals surface area contributed by atoms with Gasteiger partial charge in [0, 0.05) is 36.9 Å². The first kappa shape index (κ1) is 22.9. The first-order chi connectivity index (χ1) is 15.0. The van der Waals surface area contributed by atoms with Gasteiger partial charge in [0.15, 0.2) is 0 Å². The number of sulfonamides is 1. The predicted octanol–water partition coefficient (Wildman–Crippen LogP) is 3.66. The number of anilines is 2. The molecule has 0 saturated carbocycles. The molecule has 10 heteroatoms. The first-order valence-electron chi connectivity index (χ1n) is 10.2. The van der Waals surface area contributed by atoms with E-state index in [1.165, 1.54) is 18.2 Å². The van der Waals surface area contributed by atoms with Gasteiger partial charge < -0.3 is 9.80 Å². The van der Waals surface area contributed by atoms with Crippen LogP contribution in [0.2, 0.25) is 10.0 Å². The van der Waals surface area contributed by atoms with Crippen molar-refractivity contribution in [3.8, 4) is 0 Å². The maximum atomic E-state index is 13.2. The summed E-state index contributed by atoms with van der Waals surface area (Å²) in [6.07, 6.45) is 0. The molecule has 2 saturated heterocycles. The van der Waals surface area contributed by atoms with E-state index in [0.29, 0.717) is 31.2 Å². The minimum atomic E-state index is -3.82. The molecule has 0 radical (unpaired) electrons. The van der Waals surface area contributed by atoms with Crippen LogP contribution >= 0.6 is 23.2 Å². The van der Waals surface area contributed by atoms with Crippen LogP contribution in [0.1, 0.15) is 24.2 Å². The fraction of sp³-hybridized carbons (Fsp3) is 0.364. The van der Waals surface area contributed by atoms with E-state index in [0.717, 1.165) is 9.99 Å². The van der Waals surface area contributed by atoms with Crippen LogP contribution in [0.15, 0.2) is 42.5 Å². The van der Waals surface area contributed by atoms with Gasteiger partial charge in [0.1, 0.15) is 0 Å². The van der Waals surface area contributed by atoms with Crippen LogP contribution in [-0.2, 0) is 14.8 Å². The molecule has 0 atom stereocenters. The van der Waals surface area contributed by atoms with Gasteiger partial charge in [0.05, 0.1) is 27.4 Å². The van der Waals surface area contributed by atoms with Crippen LogP contribution in [0.4, 0.5) is 11.4 Å². The van der Waals surface area contributed by atoms with E-state index >= 15 is 0 Å². The monoisotopic (exact) mass is 495 g/mol. The Labute approximate surface area is 197 Å². The molecular formula is C22H23Cl2N3O4S. The lowest BCUT2D eigenvalue weighted by molar-refractivity contribution is -0.123. The van der Waals surface area contributed by atoms with Crippen LogP contribution in [-0.4, -0.2) is 57.1 Å². The lowest BCUT2D eigenvalue weighted by Crippen LogP contribution is -2.48. The molecular weight excluding hydrogens is 473 g/mol. The summed E-state index contributed by atoms with van der Waals surface area (Å²) >= 11 is 12.4. The number of amides is 2. The van der Waals surface area contributed by atoms with Gasteiger partial charge in [-0.1, -0.05) is 29.3 Å². The largest absolute Gasteiger partial charge is 0.368 e. The summed E-state index contributed by atoms with van der Waals surface area (Å²) in [5, 5.41) is 0.860. The Hall–Kier alpha value is -2.29. The molecule has 170 valence electrons. The summed E-state index contributed by atoms with van der Waals surface area (Å²) < 4.78 is 26.0. The zero-order chi connectivity index (χ0) is 23.3. The second-order valence-corrected chi connectivity index (χ2v) is 11.3. The maximum Gasteiger partial charge on any atom is 0.255 e. The minimum Gasteiger partial charge on any atom is -0.368 e. The minimum absolute atomic E-state index is 0.130. The van der Waals surface area contributed by atoms with Gasteiger partial charge >= 0.3 is 0 Å². The van der Waals surface area contributed by atoms with Crippen LogP contribution in [0, 0.1) is 5.41 Å². The maximum absolute atomic E-state index is 13.2. The molecule has 0 unspecified atom stereocenters. The molecule has 7 nitrogen and oxygen atoms in total. The van der Waals surface area contributed by atoms with Crippen molar-refractivity contribution in [2.75, 3.05) is 41.1 Å². The van der Waals surface area contributed by atoms with Crippen molar-refractivity contribution >= 4 is 56.4 Å². The number of piperazine rings is 1. The normalized spacial score (nSPS) is 20.0. The van der Waals surface area contributed by atoms with E-state index in [4.69, 9.17) is 23.2 Å². The highest BCUT2D eigenvalue weighted by molar-refractivity contribution is 7.94. The number of hydrogen-bond acceptors (Lipinski definition) is 5. The van der Waals surface area contributed by atoms with Crippen molar-refractivity contribution in [3.63, 3.8) is 0 Å². The SMILES string of the molecule is CC1(C)CS(=O)(=O)N(c2ccc(Cl)c(C(=O)N3CCN(c4cccc(Cl)c4)CC3)c2)C1=O. The molecule has 2 aromatic carbocycles. The second-order valence-electron chi connectivity index (χ2n) is 8.63. The molecule has 2 heterocycles. The summed E-state index contributed by atoms with van der Waals surface area (Å²) in [5.41, 5.74) is 0.267. The topological polar surface area (TPSA) is 78.0 Å². The quantitative estimate of drug-likeness (QED) is 0.649. The molecule has 0 bridgehead atoms. The van der Waals surface area contributed by atoms with Gasteiger partial charge in [-0.2, -0.15) is 0 Å². The molecule has 0 aromatic heterocycles. The third kappa shape index (κ3) is 4.19. The lowest BCUT2D eigenvalue weighted by Gasteiger charge is -2.36. The Morgan fingerprint density at radius 1 is 0.969 bits per heavy atom. The Morgan fingerprint density at radius 3 is 2.25 bits per heavy atom. The van der Waals surface area contributed by atoms with Crippen LogP contribution < -0.4 is 9.21 Å². The van der Waals surface area contributed by atoms with E-state index in [-0.39, 0.29) is 27.9 Å². The fourth-order valence-corrected chi connectivity index (χ4v) is 6.56. The van der Waals surface area contributed by atoms with Gasteiger partial charge in [-0.15, -0.1) is 0 Å². The average molecular weight is 496 g/mol. The number of hydrogen-bond donors (Lipinski definition) is 0. The van der Waals surface area contributed by atoms with Gasteiger partial charge in [-0.05, 0) is 50.2 Å². The zero-order valence-electron chi connectivity index (χ0n) is 17.7. The second kappa shape index (κ2) is 8.24. The van der Waals surface area contributed by atoms with Gasteiger partial charge in [-0.25, -0.2) is 12.7 Å². The molecule has 2 fully saturated rings. The highest BCUT2D eigenvalue weighted by Crippen LogP contribution is 2.37. The molecule has 2 aliphatic rings. The summed E-state index contributed by atoms with van der Waals surface area (Å²) in [6.45, 7) is 5.37. The molecule has 0 N–H and O–H groups in total. The predicted molar refractivity (Wildman–Crippen MR) is 126 cm³/mol. The van der Waals surface area contributed by atoms with Gasteiger partial charge in [0.2, 0.25) is 15.9 Å². The average Bonchev–Trinajstić information content (AvgIpc) is 2.90. The summed E-state index contributed by atoms with van der Waals surface area (Å²) in [4.78, 5) is 29.7. The third-order valence-corrected chi connectivity index (χ3v) is 8.32. The number of carbonyl (C=O) groups excluding carboxylic acids is 2. The third-order valence-electron chi connectivity index (χ3n) is 5.74. The summed E-state index contributed by atoms with van der Waals surface area (Å²) in [7, 11) is -3.82. The molecule has 2 aliphatic heterocycles. The first-order valence-corrected chi connectivity index (χ1v) is 12.5.